The Hall–Kier alpha value is -1.83. The molecule has 144 valence electrons. The predicted octanol–water partition coefficient (Wildman–Crippen LogP) is 4.95. The van der Waals surface area contributed by atoms with Gasteiger partial charge >= 0.3 is 0 Å². The largest absolute Gasteiger partial charge is 0.277 e. The quantitative estimate of drug-likeness (QED) is 0.430. The lowest BCUT2D eigenvalue weighted by molar-refractivity contribution is 0.696. The number of benzene rings is 1. The van der Waals surface area contributed by atoms with Gasteiger partial charge in [0.05, 0.1) is 5.39 Å². The van der Waals surface area contributed by atoms with E-state index in [2.05, 4.69) is 14.6 Å². The van der Waals surface area contributed by atoms with Crippen LogP contribution in [0.5, 0.6) is 0 Å². The van der Waals surface area contributed by atoms with E-state index in [9.17, 15) is 4.79 Å². The summed E-state index contributed by atoms with van der Waals surface area (Å²) >= 11 is 9.66. The van der Waals surface area contributed by atoms with Crippen LogP contribution < -0.4 is 5.56 Å². The summed E-state index contributed by atoms with van der Waals surface area (Å²) in [6.07, 6.45) is 4.40. The lowest BCUT2D eigenvalue weighted by Gasteiger charge is -2.11. The molecule has 1 aliphatic rings. The van der Waals surface area contributed by atoms with Crippen LogP contribution in [0.2, 0.25) is 5.02 Å². The lowest BCUT2D eigenvalue weighted by Crippen LogP contribution is -2.22. The minimum atomic E-state index is 0.0689. The van der Waals surface area contributed by atoms with Crippen molar-refractivity contribution in [3.05, 3.63) is 55.6 Å². The smallest absolute Gasteiger partial charge is 0.263 e. The number of hydrogen-bond donors (Lipinski definition) is 0. The summed E-state index contributed by atoms with van der Waals surface area (Å²) in [6.45, 7) is 2.56. The maximum Gasteiger partial charge on any atom is 0.263 e. The Balaban J connectivity index is 1.70. The number of aryl methyl sites for hydroxylation is 3. The van der Waals surface area contributed by atoms with Crippen molar-refractivity contribution >= 4 is 50.7 Å². The SMILES string of the molecule is CCn1c(=O)c2c3c(sc2n2c(SCc4ccccc4Cl)nnc12)CCCC3. The molecule has 5 nitrogen and oxygen atoms in total. The number of fused-ring (bicyclic) bond motifs is 5. The summed E-state index contributed by atoms with van der Waals surface area (Å²) in [5.74, 6) is 1.33. The molecule has 0 aliphatic heterocycles. The van der Waals surface area contributed by atoms with E-state index in [1.165, 1.54) is 16.9 Å². The Morgan fingerprint density at radius 1 is 1.21 bits per heavy atom. The molecular formula is C20H19ClN4OS2. The summed E-state index contributed by atoms with van der Waals surface area (Å²) in [4.78, 5) is 15.5. The van der Waals surface area contributed by atoms with Crippen LogP contribution in [0, 0.1) is 0 Å². The number of nitrogens with zero attached hydrogens (tertiary/aromatic N) is 4. The van der Waals surface area contributed by atoms with Gasteiger partial charge in [-0.3, -0.25) is 9.36 Å². The maximum atomic E-state index is 13.2. The third-order valence-electron chi connectivity index (χ3n) is 5.30. The molecule has 28 heavy (non-hydrogen) atoms. The topological polar surface area (TPSA) is 52.2 Å². The van der Waals surface area contributed by atoms with Gasteiger partial charge in [0.1, 0.15) is 4.83 Å². The van der Waals surface area contributed by atoms with Crippen LogP contribution >= 0.6 is 34.7 Å². The molecule has 5 rings (SSSR count). The molecule has 0 fully saturated rings. The molecule has 0 spiro atoms. The van der Waals surface area contributed by atoms with E-state index in [1.807, 2.05) is 31.2 Å². The maximum absolute atomic E-state index is 13.2. The Morgan fingerprint density at radius 2 is 2.04 bits per heavy atom. The van der Waals surface area contributed by atoms with Crippen LogP contribution in [0.1, 0.15) is 35.8 Å². The van der Waals surface area contributed by atoms with E-state index < -0.39 is 0 Å². The molecule has 0 atom stereocenters. The molecule has 0 saturated carbocycles. The highest BCUT2D eigenvalue weighted by Crippen LogP contribution is 2.36. The minimum absolute atomic E-state index is 0.0689. The standard InChI is InChI=1S/C20H19ClN4OS2/c1-2-24-17(26)16-13-8-4-6-10-15(13)28-18(16)25-19(24)22-23-20(25)27-11-12-7-3-5-9-14(12)21/h3,5,7,9H,2,4,6,8,10-11H2,1H3. The van der Waals surface area contributed by atoms with Crippen molar-refractivity contribution in [2.24, 2.45) is 0 Å². The lowest BCUT2D eigenvalue weighted by atomic mass is 9.97. The zero-order valence-electron chi connectivity index (χ0n) is 15.4. The molecule has 0 unspecified atom stereocenters. The summed E-state index contributed by atoms with van der Waals surface area (Å²) in [6, 6.07) is 7.85. The fourth-order valence-electron chi connectivity index (χ4n) is 3.91. The summed E-state index contributed by atoms with van der Waals surface area (Å²) in [5.41, 5.74) is 2.38. The number of aromatic nitrogens is 4. The van der Waals surface area contributed by atoms with Crippen molar-refractivity contribution in [2.45, 2.75) is 50.1 Å². The van der Waals surface area contributed by atoms with E-state index >= 15 is 0 Å². The van der Waals surface area contributed by atoms with Crippen LogP contribution in [0.25, 0.3) is 16.0 Å². The van der Waals surface area contributed by atoms with Gasteiger partial charge < -0.3 is 0 Å². The molecule has 0 N–H and O–H groups in total. The van der Waals surface area contributed by atoms with Gasteiger partial charge in [-0.1, -0.05) is 41.6 Å². The Morgan fingerprint density at radius 3 is 2.86 bits per heavy atom. The average molecular weight is 431 g/mol. The third-order valence-corrected chi connectivity index (χ3v) is 7.93. The van der Waals surface area contributed by atoms with E-state index in [0.29, 0.717) is 18.1 Å². The number of thioether (sulfide) groups is 1. The fourth-order valence-corrected chi connectivity index (χ4v) is 6.56. The van der Waals surface area contributed by atoms with E-state index in [4.69, 9.17) is 11.6 Å². The normalized spacial score (nSPS) is 14.1. The monoisotopic (exact) mass is 430 g/mol. The van der Waals surface area contributed by atoms with Crippen LogP contribution in [0.4, 0.5) is 0 Å². The van der Waals surface area contributed by atoms with Crippen molar-refractivity contribution in [1.82, 2.24) is 19.2 Å². The van der Waals surface area contributed by atoms with Gasteiger partial charge in [0.25, 0.3) is 5.56 Å². The molecular weight excluding hydrogens is 412 g/mol. The van der Waals surface area contributed by atoms with Gasteiger partial charge in [-0.25, -0.2) is 4.40 Å². The van der Waals surface area contributed by atoms with Crippen molar-refractivity contribution in [2.75, 3.05) is 0 Å². The Bertz CT molecular complexity index is 1260. The number of thiophene rings is 1. The van der Waals surface area contributed by atoms with Crippen molar-refractivity contribution < 1.29 is 0 Å². The van der Waals surface area contributed by atoms with Gasteiger partial charge in [0, 0.05) is 22.2 Å². The molecule has 0 bridgehead atoms. The second-order valence-electron chi connectivity index (χ2n) is 6.94. The highest BCUT2D eigenvalue weighted by Gasteiger charge is 2.24. The first kappa shape index (κ1) is 18.2. The Kier molecular flexibility index (Phi) is 4.69. The van der Waals surface area contributed by atoms with Crippen molar-refractivity contribution in [3.8, 4) is 0 Å². The molecule has 1 aliphatic carbocycles. The predicted molar refractivity (Wildman–Crippen MR) is 116 cm³/mol. The zero-order valence-corrected chi connectivity index (χ0v) is 17.8. The Labute approximate surface area is 175 Å². The molecule has 3 aromatic heterocycles. The highest BCUT2D eigenvalue weighted by atomic mass is 35.5. The first-order valence-corrected chi connectivity index (χ1v) is 11.7. The molecule has 8 heteroatoms. The average Bonchev–Trinajstić information content (AvgIpc) is 3.29. The molecule has 4 aromatic rings. The number of halogens is 1. The first-order valence-electron chi connectivity index (χ1n) is 9.47. The summed E-state index contributed by atoms with van der Waals surface area (Å²) in [5, 5.41) is 11.2. The van der Waals surface area contributed by atoms with E-state index in [0.717, 1.165) is 45.2 Å². The van der Waals surface area contributed by atoms with Gasteiger partial charge in [-0.2, -0.15) is 0 Å². The third kappa shape index (κ3) is 2.79. The van der Waals surface area contributed by atoms with Gasteiger partial charge in [-0.05, 0) is 49.8 Å². The second kappa shape index (κ2) is 7.21. The number of rotatable bonds is 4. The van der Waals surface area contributed by atoms with Crippen molar-refractivity contribution in [3.63, 3.8) is 0 Å². The fraction of sp³-hybridized carbons (Fsp3) is 0.350. The first-order chi connectivity index (χ1) is 13.7. The van der Waals surface area contributed by atoms with Crippen LogP contribution in [-0.2, 0) is 25.1 Å². The van der Waals surface area contributed by atoms with Gasteiger partial charge in [0.2, 0.25) is 5.78 Å². The van der Waals surface area contributed by atoms with Gasteiger partial charge in [-0.15, -0.1) is 21.5 Å². The zero-order chi connectivity index (χ0) is 19.3. The van der Waals surface area contributed by atoms with Crippen molar-refractivity contribution in [1.29, 1.82) is 0 Å². The summed E-state index contributed by atoms with van der Waals surface area (Å²) < 4.78 is 3.82. The van der Waals surface area contributed by atoms with Gasteiger partial charge in [0.15, 0.2) is 5.16 Å². The molecule has 0 radical (unpaired) electrons. The molecule has 1 aromatic carbocycles. The number of hydrogen-bond acceptors (Lipinski definition) is 5. The van der Waals surface area contributed by atoms with E-state index in [1.54, 1.807) is 27.7 Å². The van der Waals surface area contributed by atoms with E-state index in [-0.39, 0.29) is 5.56 Å². The highest BCUT2D eigenvalue weighted by molar-refractivity contribution is 7.98. The molecule has 3 heterocycles. The summed E-state index contributed by atoms with van der Waals surface area (Å²) in [7, 11) is 0. The van der Waals surface area contributed by atoms with Crippen LogP contribution in [0.15, 0.2) is 34.2 Å². The molecule has 0 saturated heterocycles. The van der Waals surface area contributed by atoms with Crippen LogP contribution in [-0.4, -0.2) is 19.2 Å². The second-order valence-corrected chi connectivity index (χ2v) is 9.37. The minimum Gasteiger partial charge on any atom is -0.277 e. The molecule has 0 amide bonds. The van der Waals surface area contributed by atoms with Crippen LogP contribution in [0.3, 0.4) is 0 Å².